The zero-order chi connectivity index (χ0) is 20.2. The van der Waals surface area contributed by atoms with Gasteiger partial charge >= 0.3 is 0 Å². The molecule has 0 saturated heterocycles. The van der Waals surface area contributed by atoms with Crippen LogP contribution in [0.5, 0.6) is 0 Å². The number of imidazole rings is 2. The molecule has 9 nitrogen and oxygen atoms in total. The summed E-state index contributed by atoms with van der Waals surface area (Å²) in [5.41, 5.74) is 6.66. The largest absolute Gasteiger partial charge is 0.472 e. The van der Waals surface area contributed by atoms with Crippen molar-refractivity contribution in [3.8, 4) is 34.0 Å². The third-order valence-corrected chi connectivity index (χ3v) is 5.37. The molecular weight excluding hydrogens is 380 g/mol. The molecule has 0 spiro atoms. The molecule has 0 aromatic carbocycles. The molecule has 2 N–H and O–H groups in total. The van der Waals surface area contributed by atoms with Gasteiger partial charge in [0.25, 0.3) is 0 Å². The number of aromatic nitrogens is 8. The molecule has 0 fully saturated rings. The molecule has 0 amide bonds. The van der Waals surface area contributed by atoms with Crippen LogP contribution in [-0.4, -0.2) is 39.7 Å². The summed E-state index contributed by atoms with van der Waals surface area (Å²) in [6.07, 6.45) is 8.70. The average molecular weight is 396 g/mol. The van der Waals surface area contributed by atoms with Crippen molar-refractivity contribution in [1.29, 1.82) is 0 Å². The number of aromatic amines is 2. The summed E-state index contributed by atoms with van der Waals surface area (Å²) in [5, 5.41) is 8.45. The minimum Gasteiger partial charge on any atom is -0.472 e. The Bertz CT molecular complexity index is 1520. The lowest BCUT2D eigenvalue weighted by Gasteiger charge is -2.03. The van der Waals surface area contributed by atoms with Crippen LogP contribution in [0.4, 0.5) is 0 Å². The molecule has 146 valence electrons. The number of aryl methyl sites for hydroxylation is 1. The van der Waals surface area contributed by atoms with Gasteiger partial charge < -0.3 is 14.0 Å². The van der Waals surface area contributed by atoms with Crippen LogP contribution in [0.25, 0.3) is 56.1 Å². The normalized spacial score (nSPS) is 11.7. The summed E-state index contributed by atoms with van der Waals surface area (Å²) in [7, 11) is 1.97. The van der Waals surface area contributed by atoms with E-state index in [4.69, 9.17) is 9.40 Å². The Labute approximate surface area is 169 Å². The van der Waals surface area contributed by atoms with Crippen LogP contribution in [0, 0.1) is 6.92 Å². The van der Waals surface area contributed by atoms with Crippen molar-refractivity contribution < 1.29 is 4.42 Å². The highest BCUT2D eigenvalue weighted by atomic mass is 16.3. The Morgan fingerprint density at radius 3 is 2.83 bits per heavy atom. The Balaban J connectivity index is 1.53. The minimum absolute atomic E-state index is 0.637. The van der Waals surface area contributed by atoms with E-state index >= 15 is 0 Å². The van der Waals surface area contributed by atoms with E-state index in [9.17, 15) is 0 Å². The van der Waals surface area contributed by atoms with Crippen LogP contribution in [0.1, 0.15) is 5.82 Å². The SMILES string of the molecule is Cc1ncc(-c2cc3c(-c4nc5c(-c6ccoc6)ccnc5[nH]4)n[nH]c3cn2)n1C. The quantitative estimate of drug-likeness (QED) is 0.469. The number of pyridine rings is 2. The van der Waals surface area contributed by atoms with Crippen LogP contribution < -0.4 is 0 Å². The Morgan fingerprint density at radius 1 is 1.10 bits per heavy atom. The summed E-state index contributed by atoms with van der Waals surface area (Å²) in [5.74, 6) is 1.56. The number of rotatable bonds is 3. The number of furan rings is 1. The molecule has 0 radical (unpaired) electrons. The molecule has 9 heteroatoms. The van der Waals surface area contributed by atoms with Crippen LogP contribution in [0.2, 0.25) is 0 Å². The Kier molecular flexibility index (Phi) is 3.40. The summed E-state index contributed by atoms with van der Waals surface area (Å²) < 4.78 is 7.24. The van der Waals surface area contributed by atoms with E-state index in [0.717, 1.165) is 44.8 Å². The first-order chi connectivity index (χ1) is 14.7. The van der Waals surface area contributed by atoms with Gasteiger partial charge in [-0.25, -0.2) is 15.0 Å². The molecule has 0 saturated carbocycles. The molecule has 0 unspecified atom stereocenters. The predicted octanol–water partition coefficient (Wildman–Crippen LogP) is 3.87. The maximum absolute atomic E-state index is 5.23. The lowest BCUT2D eigenvalue weighted by atomic mass is 10.1. The molecule has 0 bridgehead atoms. The number of nitrogens with zero attached hydrogens (tertiary/aromatic N) is 6. The second-order valence-corrected chi connectivity index (χ2v) is 7.09. The van der Waals surface area contributed by atoms with Crippen molar-refractivity contribution in [2.75, 3.05) is 0 Å². The van der Waals surface area contributed by atoms with E-state index in [1.165, 1.54) is 0 Å². The van der Waals surface area contributed by atoms with Gasteiger partial charge in [0.2, 0.25) is 0 Å². The van der Waals surface area contributed by atoms with E-state index in [0.29, 0.717) is 17.2 Å². The maximum atomic E-state index is 5.23. The third kappa shape index (κ3) is 2.38. The van der Waals surface area contributed by atoms with Gasteiger partial charge in [0.15, 0.2) is 11.5 Å². The summed E-state index contributed by atoms with van der Waals surface area (Å²) in [6.45, 7) is 1.96. The molecule has 6 heterocycles. The van der Waals surface area contributed by atoms with Gasteiger partial charge in [-0.1, -0.05) is 0 Å². The maximum Gasteiger partial charge on any atom is 0.160 e. The minimum atomic E-state index is 0.637. The van der Waals surface area contributed by atoms with E-state index in [2.05, 4.69) is 30.1 Å². The van der Waals surface area contributed by atoms with Gasteiger partial charge in [0, 0.05) is 29.8 Å². The summed E-state index contributed by atoms with van der Waals surface area (Å²) in [6, 6.07) is 5.83. The fourth-order valence-electron chi connectivity index (χ4n) is 3.65. The van der Waals surface area contributed by atoms with Crippen LogP contribution in [-0.2, 0) is 7.05 Å². The third-order valence-electron chi connectivity index (χ3n) is 5.37. The molecule has 0 atom stereocenters. The van der Waals surface area contributed by atoms with Crippen molar-refractivity contribution in [2.24, 2.45) is 7.05 Å². The van der Waals surface area contributed by atoms with E-state index < -0.39 is 0 Å². The van der Waals surface area contributed by atoms with E-state index in [1.807, 2.05) is 42.9 Å². The van der Waals surface area contributed by atoms with Gasteiger partial charge in [-0.3, -0.25) is 10.1 Å². The van der Waals surface area contributed by atoms with Crippen LogP contribution >= 0.6 is 0 Å². The fourth-order valence-corrected chi connectivity index (χ4v) is 3.65. The molecule has 0 aliphatic heterocycles. The highest BCUT2D eigenvalue weighted by Gasteiger charge is 2.17. The number of nitrogens with one attached hydrogen (secondary N) is 2. The highest BCUT2D eigenvalue weighted by Crippen LogP contribution is 2.31. The van der Waals surface area contributed by atoms with E-state index in [-0.39, 0.29) is 0 Å². The van der Waals surface area contributed by atoms with Crippen molar-refractivity contribution in [3.63, 3.8) is 0 Å². The molecular formula is C21H16N8O. The monoisotopic (exact) mass is 396 g/mol. The smallest absolute Gasteiger partial charge is 0.160 e. The number of hydrogen-bond donors (Lipinski definition) is 2. The summed E-state index contributed by atoms with van der Waals surface area (Å²) in [4.78, 5) is 21.5. The Morgan fingerprint density at radius 2 is 2.03 bits per heavy atom. The zero-order valence-electron chi connectivity index (χ0n) is 16.2. The highest BCUT2D eigenvalue weighted by molar-refractivity contribution is 5.96. The number of H-pyrrole nitrogens is 2. The van der Waals surface area contributed by atoms with Crippen LogP contribution in [0.15, 0.2) is 53.7 Å². The zero-order valence-corrected chi connectivity index (χ0v) is 16.2. The molecule has 6 aromatic heterocycles. The van der Waals surface area contributed by atoms with Crippen molar-refractivity contribution >= 4 is 22.1 Å². The number of fused-ring (bicyclic) bond motifs is 2. The second kappa shape index (κ2) is 6.11. The standard InChI is InChI=1S/C21H16N8O/c1-11-23-9-17(29(11)2)15-7-14-16(8-24-15)27-28-19(14)21-25-18-13(12-4-6-30-10-12)3-5-22-20(18)26-21/h3-10H,1-2H3,(H,27,28)(H,22,25,26). The molecule has 6 rings (SSSR count). The van der Waals surface area contributed by atoms with Gasteiger partial charge in [-0.15, -0.1) is 0 Å². The first-order valence-electron chi connectivity index (χ1n) is 9.39. The lowest BCUT2D eigenvalue weighted by molar-refractivity contribution is 0.568. The fraction of sp³-hybridized carbons (Fsp3) is 0.0952. The first-order valence-corrected chi connectivity index (χ1v) is 9.39. The number of hydrogen-bond acceptors (Lipinski definition) is 6. The second-order valence-electron chi connectivity index (χ2n) is 7.09. The molecule has 6 aromatic rings. The summed E-state index contributed by atoms with van der Waals surface area (Å²) >= 11 is 0. The van der Waals surface area contributed by atoms with Gasteiger partial charge in [0.1, 0.15) is 17.0 Å². The predicted molar refractivity (Wildman–Crippen MR) is 111 cm³/mol. The topological polar surface area (TPSA) is 114 Å². The van der Waals surface area contributed by atoms with Gasteiger partial charge in [-0.2, -0.15) is 5.10 Å². The molecule has 30 heavy (non-hydrogen) atoms. The first kappa shape index (κ1) is 16.7. The Hall–Kier alpha value is -4.27. The van der Waals surface area contributed by atoms with Crippen molar-refractivity contribution in [2.45, 2.75) is 6.92 Å². The van der Waals surface area contributed by atoms with Crippen molar-refractivity contribution in [1.82, 2.24) is 39.7 Å². The average Bonchev–Trinajstić information content (AvgIpc) is 3.54. The van der Waals surface area contributed by atoms with Crippen LogP contribution in [0.3, 0.4) is 0 Å². The van der Waals surface area contributed by atoms with Gasteiger partial charge in [-0.05, 0) is 25.1 Å². The molecule has 0 aliphatic carbocycles. The van der Waals surface area contributed by atoms with E-state index in [1.54, 1.807) is 24.9 Å². The lowest BCUT2D eigenvalue weighted by Crippen LogP contribution is -1.95. The van der Waals surface area contributed by atoms with Gasteiger partial charge in [0.05, 0.1) is 41.8 Å². The van der Waals surface area contributed by atoms with Crippen molar-refractivity contribution in [3.05, 3.63) is 55.1 Å². The molecule has 0 aliphatic rings.